The van der Waals surface area contributed by atoms with Crippen LogP contribution in [-0.2, 0) is 23.4 Å². The van der Waals surface area contributed by atoms with Gasteiger partial charge in [-0.2, -0.15) is 8.78 Å². The fraction of sp³-hybridized carbons (Fsp3) is 0.350. The van der Waals surface area contributed by atoms with Crippen LogP contribution in [0.1, 0.15) is 22.7 Å². The summed E-state index contributed by atoms with van der Waals surface area (Å²) in [5.41, 5.74) is 1.30. The van der Waals surface area contributed by atoms with Crippen LogP contribution in [-0.4, -0.2) is 35.3 Å². The quantitative estimate of drug-likeness (QED) is 0.521. The molecule has 4 rings (SSSR count). The van der Waals surface area contributed by atoms with Gasteiger partial charge in [-0.25, -0.2) is 4.98 Å². The number of nitrogens with zero attached hydrogens (tertiary/aromatic N) is 1. The van der Waals surface area contributed by atoms with E-state index in [1.54, 1.807) is 11.3 Å². The number of benzene rings is 1. The topological polar surface area (TPSA) is 93.3 Å². The maximum atomic E-state index is 12.5. The van der Waals surface area contributed by atoms with E-state index in [0.717, 1.165) is 29.7 Å². The Labute approximate surface area is 184 Å². The zero-order valence-electron chi connectivity index (χ0n) is 16.5. The highest BCUT2D eigenvalue weighted by atomic mass is 32.2. The minimum Gasteiger partial charge on any atom is -0.493 e. The first-order chi connectivity index (χ1) is 14.9. The molecule has 0 fully saturated rings. The third-order valence-electron chi connectivity index (χ3n) is 4.76. The standard InChI is InChI=1S/C20H19F2N3O4S2/c1-28-12-6-5-10(7-13(12)29-20(21)22)23-16(26)9-30-8-15-24-18(27)17-11-3-2-4-14(11)31-19(17)25-15/h5-7,20H,2-4,8-9H2,1H3,(H,23,26)(H,24,25,27). The summed E-state index contributed by atoms with van der Waals surface area (Å²) in [5, 5.41) is 3.33. The van der Waals surface area contributed by atoms with Gasteiger partial charge in [0, 0.05) is 16.6 Å². The number of hydrogen-bond acceptors (Lipinski definition) is 7. The molecule has 0 bridgehead atoms. The van der Waals surface area contributed by atoms with E-state index < -0.39 is 6.61 Å². The van der Waals surface area contributed by atoms with Crippen molar-refractivity contribution in [2.45, 2.75) is 31.6 Å². The number of thiophene rings is 1. The molecule has 2 aromatic heterocycles. The van der Waals surface area contributed by atoms with Crippen LogP contribution in [0.2, 0.25) is 0 Å². The minimum atomic E-state index is -3.01. The zero-order chi connectivity index (χ0) is 22.0. The van der Waals surface area contributed by atoms with Crippen molar-refractivity contribution < 1.29 is 23.0 Å². The van der Waals surface area contributed by atoms with E-state index in [-0.39, 0.29) is 28.7 Å². The molecule has 11 heteroatoms. The van der Waals surface area contributed by atoms with Crippen LogP contribution in [0.15, 0.2) is 23.0 Å². The summed E-state index contributed by atoms with van der Waals surface area (Å²) in [6.07, 6.45) is 2.99. The number of thioether (sulfide) groups is 1. The number of alkyl halides is 2. The van der Waals surface area contributed by atoms with Crippen molar-refractivity contribution >= 4 is 44.9 Å². The average Bonchev–Trinajstić information content (AvgIpc) is 3.28. The summed E-state index contributed by atoms with van der Waals surface area (Å²) in [5.74, 6) is 0.631. The van der Waals surface area contributed by atoms with Crippen LogP contribution in [0.5, 0.6) is 11.5 Å². The second-order valence-corrected chi connectivity index (χ2v) is 8.90. The highest BCUT2D eigenvalue weighted by Crippen LogP contribution is 2.35. The highest BCUT2D eigenvalue weighted by molar-refractivity contribution is 7.99. The van der Waals surface area contributed by atoms with Crippen molar-refractivity contribution in [1.82, 2.24) is 9.97 Å². The Balaban J connectivity index is 1.36. The summed E-state index contributed by atoms with van der Waals surface area (Å²) >= 11 is 2.86. The number of rotatable bonds is 8. The zero-order valence-corrected chi connectivity index (χ0v) is 18.1. The fourth-order valence-corrected chi connectivity index (χ4v) is 5.47. The van der Waals surface area contributed by atoms with Crippen LogP contribution in [0, 0.1) is 0 Å². The molecule has 0 aliphatic heterocycles. The second kappa shape index (κ2) is 9.23. The predicted octanol–water partition coefficient (Wildman–Crippen LogP) is 3.96. The van der Waals surface area contributed by atoms with E-state index in [4.69, 9.17) is 4.74 Å². The molecule has 164 valence electrons. The number of anilines is 1. The highest BCUT2D eigenvalue weighted by Gasteiger charge is 2.21. The SMILES string of the molecule is COc1ccc(NC(=O)CSCc2nc3sc4c(c3c(=O)[nH]2)CCC4)cc1OC(F)F. The van der Waals surface area contributed by atoms with E-state index in [2.05, 4.69) is 20.0 Å². The largest absolute Gasteiger partial charge is 0.493 e. The molecule has 3 aromatic rings. The van der Waals surface area contributed by atoms with Gasteiger partial charge in [0.05, 0.1) is 24.0 Å². The number of nitrogens with one attached hydrogen (secondary N) is 2. The van der Waals surface area contributed by atoms with E-state index in [0.29, 0.717) is 22.7 Å². The van der Waals surface area contributed by atoms with Crippen molar-refractivity contribution in [1.29, 1.82) is 0 Å². The molecule has 1 amide bonds. The Bertz CT molecular complexity index is 1180. The molecular formula is C20H19F2N3O4S2. The Morgan fingerprint density at radius 1 is 1.35 bits per heavy atom. The average molecular weight is 468 g/mol. The summed E-state index contributed by atoms with van der Waals surface area (Å²) < 4.78 is 34.4. The van der Waals surface area contributed by atoms with E-state index in [9.17, 15) is 18.4 Å². The molecule has 0 saturated carbocycles. The van der Waals surface area contributed by atoms with Gasteiger partial charge in [0.1, 0.15) is 10.7 Å². The Morgan fingerprint density at radius 3 is 2.97 bits per heavy atom. The van der Waals surface area contributed by atoms with Crippen molar-refractivity contribution in [3.63, 3.8) is 0 Å². The molecule has 0 saturated heterocycles. The molecule has 1 aliphatic carbocycles. The summed E-state index contributed by atoms with van der Waals surface area (Å²) in [6, 6.07) is 4.24. The number of fused-ring (bicyclic) bond motifs is 3. The number of carbonyl (C=O) groups is 1. The molecule has 1 aliphatic rings. The molecule has 0 atom stereocenters. The number of amides is 1. The molecule has 0 radical (unpaired) electrons. The van der Waals surface area contributed by atoms with Crippen LogP contribution in [0.25, 0.3) is 10.2 Å². The summed E-state index contributed by atoms with van der Waals surface area (Å²) in [6.45, 7) is -3.01. The first-order valence-corrected chi connectivity index (χ1v) is 11.5. The lowest BCUT2D eigenvalue weighted by molar-refractivity contribution is -0.113. The Hall–Kier alpha value is -2.66. The number of halogens is 2. The number of carbonyl (C=O) groups excluding carboxylic acids is 1. The predicted molar refractivity (Wildman–Crippen MR) is 117 cm³/mol. The van der Waals surface area contributed by atoms with Crippen LogP contribution >= 0.6 is 23.1 Å². The number of aryl methyl sites for hydroxylation is 2. The van der Waals surface area contributed by atoms with E-state index in [1.165, 1.54) is 41.9 Å². The molecule has 2 heterocycles. The molecule has 2 N–H and O–H groups in total. The first kappa shape index (κ1) is 21.6. The molecule has 31 heavy (non-hydrogen) atoms. The number of methoxy groups -OCH3 is 1. The van der Waals surface area contributed by atoms with Gasteiger partial charge in [-0.05, 0) is 37.0 Å². The van der Waals surface area contributed by atoms with Crippen molar-refractivity contribution in [3.8, 4) is 11.5 Å². The minimum absolute atomic E-state index is 0.0970. The fourth-order valence-electron chi connectivity index (χ4n) is 3.50. The molecule has 1 aromatic carbocycles. The monoisotopic (exact) mass is 467 g/mol. The van der Waals surface area contributed by atoms with Gasteiger partial charge >= 0.3 is 6.61 Å². The third-order valence-corrected chi connectivity index (χ3v) is 6.89. The van der Waals surface area contributed by atoms with Gasteiger partial charge in [-0.3, -0.25) is 9.59 Å². The lowest BCUT2D eigenvalue weighted by Crippen LogP contribution is -2.15. The molecule has 7 nitrogen and oxygen atoms in total. The van der Waals surface area contributed by atoms with Crippen molar-refractivity contribution in [3.05, 3.63) is 44.8 Å². The third kappa shape index (κ3) is 4.82. The molecule has 0 unspecified atom stereocenters. The summed E-state index contributed by atoms with van der Waals surface area (Å²) in [7, 11) is 1.34. The van der Waals surface area contributed by atoms with E-state index in [1.807, 2.05) is 0 Å². The number of H-pyrrole nitrogens is 1. The smallest absolute Gasteiger partial charge is 0.387 e. The second-order valence-electron chi connectivity index (χ2n) is 6.84. The maximum Gasteiger partial charge on any atom is 0.387 e. The van der Waals surface area contributed by atoms with Gasteiger partial charge in [-0.15, -0.1) is 23.1 Å². The number of ether oxygens (including phenoxy) is 2. The molecular weight excluding hydrogens is 448 g/mol. The van der Waals surface area contributed by atoms with Crippen LogP contribution in [0.4, 0.5) is 14.5 Å². The van der Waals surface area contributed by atoms with E-state index >= 15 is 0 Å². The van der Waals surface area contributed by atoms with Gasteiger partial charge in [-0.1, -0.05) is 0 Å². The summed E-state index contributed by atoms with van der Waals surface area (Å²) in [4.78, 5) is 34.0. The normalized spacial score (nSPS) is 12.9. The van der Waals surface area contributed by atoms with Gasteiger partial charge in [0.15, 0.2) is 11.5 Å². The van der Waals surface area contributed by atoms with Crippen molar-refractivity contribution in [2.24, 2.45) is 0 Å². The number of hydrogen-bond donors (Lipinski definition) is 2. The lowest BCUT2D eigenvalue weighted by Gasteiger charge is -2.12. The van der Waals surface area contributed by atoms with Gasteiger partial charge in [0.2, 0.25) is 5.91 Å². The lowest BCUT2D eigenvalue weighted by atomic mass is 10.2. The number of aromatic nitrogens is 2. The maximum absolute atomic E-state index is 12.5. The Morgan fingerprint density at radius 2 is 2.19 bits per heavy atom. The molecule has 0 spiro atoms. The first-order valence-electron chi connectivity index (χ1n) is 9.48. The van der Waals surface area contributed by atoms with Crippen molar-refractivity contribution in [2.75, 3.05) is 18.2 Å². The Kier molecular flexibility index (Phi) is 6.42. The van der Waals surface area contributed by atoms with Crippen LogP contribution in [0.3, 0.4) is 0 Å². The van der Waals surface area contributed by atoms with Gasteiger partial charge < -0.3 is 19.8 Å². The van der Waals surface area contributed by atoms with Gasteiger partial charge in [0.25, 0.3) is 5.56 Å². The van der Waals surface area contributed by atoms with Crippen LogP contribution < -0.4 is 20.3 Å². The number of aromatic amines is 1.